The van der Waals surface area contributed by atoms with E-state index in [4.69, 9.17) is 27.9 Å². The summed E-state index contributed by atoms with van der Waals surface area (Å²) in [6.07, 6.45) is 1.79. The van der Waals surface area contributed by atoms with Crippen LogP contribution in [0.4, 0.5) is 0 Å². The molecule has 0 bridgehead atoms. The minimum absolute atomic E-state index is 0.186. The molecule has 0 saturated carbocycles. The van der Waals surface area contributed by atoms with Crippen LogP contribution in [0.3, 0.4) is 0 Å². The van der Waals surface area contributed by atoms with Gasteiger partial charge in [0.1, 0.15) is 0 Å². The number of benzene rings is 1. The van der Waals surface area contributed by atoms with Crippen LogP contribution in [-0.4, -0.2) is 39.5 Å². The predicted molar refractivity (Wildman–Crippen MR) is 84.4 cm³/mol. The molecular formula is C14H19Cl2NO3S. The maximum Gasteiger partial charge on any atom is 0.242 e. The zero-order valence-corrected chi connectivity index (χ0v) is 14.2. The van der Waals surface area contributed by atoms with Crippen molar-refractivity contribution in [1.82, 2.24) is 4.31 Å². The van der Waals surface area contributed by atoms with Crippen molar-refractivity contribution in [2.45, 2.75) is 23.6 Å². The molecule has 2 rings (SSSR count). The SMILES string of the molecule is CN(CC1CCOCC1)S(=O)(=O)c1ccc(Cl)c(CCl)c1. The molecule has 0 spiro atoms. The number of rotatable bonds is 5. The van der Waals surface area contributed by atoms with Gasteiger partial charge in [-0.15, -0.1) is 11.6 Å². The van der Waals surface area contributed by atoms with Gasteiger partial charge in [-0.3, -0.25) is 0 Å². The lowest BCUT2D eigenvalue weighted by Gasteiger charge is -2.26. The smallest absolute Gasteiger partial charge is 0.242 e. The number of hydrogen-bond donors (Lipinski definition) is 0. The van der Waals surface area contributed by atoms with E-state index in [-0.39, 0.29) is 10.8 Å². The van der Waals surface area contributed by atoms with E-state index in [1.54, 1.807) is 19.2 Å². The van der Waals surface area contributed by atoms with Crippen LogP contribution >= 0.6 is 23.2 Å². The molecule has 0 aromatic heterocycles. The van der Waals surface area contributed by atoms with Gasteiger partial charge in [-0.2, -0.15) is 0 Å². The zero-order valence-electron chi connectivity index (χ0n) is 11.9. The second kappa shape index (κ2) is 7.29. The molecular weight excluding hydrogens is 333 g/mol. The number of nitrogens with zero attached hydrogens (tertiary/aromatic N) is 1. The lowest BCUT2D eigenvalue weighted by atomic mass is 10.0. The van der Waals surface area contributed by atoms with Crippen molar-refractivity contribution < 1.29 is 13.2 Å². The van der Waals surface area contributed by atoms with E-state index in [1.807, 2.05) is 0 Å². The monoisotopic (exact) mass is 351 g/mol. The van der Waals surface area contributed by atoms with E-state index < -0.39 is 10.0 Å². The molecule has 0 unspecified atom stereocenters. The molecule has 21 heavy (non-hydrogen) atoms. The van der Waals surface area contributed by atoms with Gasteiger partial charge < -0.3 is 4.74 Å². The molecule has 1 aromatic carbocycles. The van der Waals surface area contributed by atoms with Crippen molar-refractivity contribution >= 4 is 33.2 Å². The Kier molecular flexibility index (Phi) is 5.91. The molecule has 118 valence electrons. The molecule has 0 N–H and O–H groups in total. The van der Waals surface area contributed by atoms with Gasteiger partial charge in [0.15, 0.2) is 0 Å². The molecule has 4 nitrogen and oxygen atoms in total. The van der Waals surface area contributed by atoms with Gasteiger partial charge >= 0.3 is 0 Å². The Balaban J connectivity index is 2.16. The summed E-state index contributed by atoms with van der Waals surface area (Å²) in [5.41, 5.74) is 0.624. The minimum atomic E-state index is -3.51. The maximum absolute atomic E-state index is 12.6. The third kappa shape index (κ3) is 4.11. The molecule has 1 aliphatic heterocycles. The zero-order chi connectivity index (χ0) is 15.5. The third-order valence-electron chi connectivity index (χ3n) is 3.73. The first kappa shape index (κ1) is 17.0. The van der Waals surface area contributed by atoms with Gasteiger partial charge in [-0.25, -0.2) is 12.7 Å². The quantitative estimate of drug-likeness (QED) is 0.765. The van der Waals surface area contributed by atoms with Gasteiger partial charge in [-0.1, -0.05) is 11.6 Å². The predicted octanol–water partition coefficient (Wildman–Crippen LogP) is 3.13. The molecule has 0 aliphatic carbocycles. The number of halogens is 2. The fourth-order valence-electron chi connectivity index (χ4n) is 2.38. The van der Waals surface area contributed by atoms with E-state index in [0.717, 1.165) is 12.8 Å². The van der Waals surface area contributed by atoms with Gasteiger partial charge in [-0.05, 0) is 42.5 Å². The van der Waals surface area contributed by atoms with Crippen molar-refractivity contribution in [3.63, 3.8) is 0 Å². The highest BCUT2D eigenvalue weighted by atomic mass is 35.5. The topological polar surface area (TPSA) is 46.6 Å². The molecule has 7 heteroatoms. The molecule has 1 aliphatic rings. The Morgan fingerprint density at radius 2 is 2.00 bits per heavy atom. The van der Waals surface area contributed by atoms with Crippen LogP contribution in [0.25, 0.3) is 0 Å². The Morgan fingerprint density at radius 1 is 1.33 bits per heavy atom. The average Bonchev–Trinajstić information content (AvgIpc) is 2.48. The first-order valence-electron chi connectivity index (χ1n) is 6.83. The average molecular weight is 352 g/mol. The number of hydrogen-bond acceptors (Lipinski definition) is 3. The van der Waals surface area contributed by atoms with Gasteiger partial charge in [0, 0.05) is 37.7 Å². The van der Waals surface area contributed by atoms with Crippen LogP contribution in [0.15, 0.2) is 23.1 Å². The fraction of sp³-hybridized carbons (Fsp3) is 0.571. The van der Waals surface area contributed by atoms with Gasteiger partial charge in [0.05, 0.1) is 4.90 Å². The summed E-state index contributed by atoms with van der Waals surface area (Å²) < 4.78 is 31.9. The Hall–Kier alpha value is -0.330. The van der Waals surface area contributed by atoms with Gasteiger partial charge in [0.25, 0.3) is 0 Å². The van der Waals surface area contributed by atoms with E-state index >= 15 is 0 Å². The van der Waals surface area contributed by atoms with E-state index in [0.29, 0.717) is 36.3 Å². The Labute approximate surface area is 136 Å². The van der Waals surface area contributed by atoms with E-state index in [9.17, 15) is 8.42 Å². The molecule has 1 fully saturated rings. The van der Waals surface area contributed by atoms with Crippen molar-refractivity contribution in [3.8, 4) is 0 Å². The molecule has 0 amide bonds. The number of ether oxygens (including phenoxy) is 1. The summed E-state index contributed by atoms with van der Waals surface area (Å²) in [5.74, 6) is 0.532. The second-order valence-corrected chi connectivity index (χ2v) is 7.95. The normalized spacial score (nSPS) is 17.3. The van der Waals surface area contributed by atoms with Crippen LogP contribution in [0, 0.1) is 5.92 Å². The molecule has 1 saturated heterocycles. The lowest BCUT2D eigenvalue weighted by Crippen LogP contribution is -2.34. The summed E-state index contributed by atoms with van der Waals surface area (Å²) >= 11 is 11.8. The third-order valence-corrected chi connectivity index (χ3v) is 6.20. The Bertz CT molecular complexity index is 586. The Morgan fingerprint density at radius 3 is 2.62 bits per heavy atom. The summed E-state index contributed by atoms with van der Waals surface area (Å²) in [6.45, 7) is 1.91. The van der Waals surface area contributed by atoms with Gasteiger partial charge in [0.2, 0.25) is 10.0 Å². The van der Waals surface area contributed by atoms with E-state index in [1.165, 1.54) is 10.4 Å². The highest BCUT2D eigenvalue weighted by Gasteiger charge is 2.25. The highest BCUT2D eigenvalue weighted by molar-refractivity contribution is 7.89. The number of alkyl halides is 1. The molecule has 1 aromatic rings. The van der Waals surface area contributed by atoms with Crippen LogP contribution in [0.1, 0.15) is 18.4 Å². The molecule has 0 atom stereocenters. The fourth-order valence-corrected chi connectivity index (χ4v) is 4.16. The largest absolute Gasteiger partial charge is 0.381 e. The first-order valence-corrected chi connectivity index (χ1v) is 9.19. The van der Waals surface area contributed by atoms with Crippen LogP contribution in [0.5, 0.6) is 0 Å². The highest BCUT2D eigenvalue weighted by Crippen LogP contribution is 2.25. The summed E-state index contributed by atoms with van der Waals surface area (Å²) in [5, 5.41) is 0.482. The maximum atomic E-state index is 12.6. The number of sulfonamides is 1. The summed E-state index contributed by atoms with van der Waals surface area (Å²) in [6, 6.07) is 4.65. The van der Waals surface area contributed by atoms with Crippen molar-refractivity contribution in [1.29, 1.82) is 0 Å². The first-order chi connectivity index (χ1) is 9.95. The van der Waals surface area contributed by atoms with Crippen molar-refractivity contribution in [2.75, 3.05) is 26.8 Å². The summed E-state index contributed by atoms with van der Waals surface area (Å²) in [7, 11) is -1.90. The van der Waals surface area contributed by atoms with Crippen molar-refractivity contribution in [2.24, 2.45) is 5.92 Å². The minimum Gasteiger partial charge on any atom is -0.381 e. The van der Waals surface area contributed by atoms with Crippen LogP contribution in [-0.2, 0) is 20.6 Å². The van der Waals surface area contributed by atoms with Crippen LogP contribution in [0.2, 0.25) is 5.02 Å². The lowest BCUT2D eigenvalue weighted by molar-refractivity contribution is 0.0620. The molecule has 0 radical (unpaired) electrons. The van der Waals surface area contributed by atoms with Crippen LogP contribution < -0.4 is 0 Å². The second-order valence-electron chi connectivity index (χ2n) is 5.23. The van der Waals surface area contributed by atoms with E-state index in [2.05, 4.69) is 0 Å². The summed E-state index contributed by atoms with van der Waals surface area (Å²) in [4.78, 5) is 0.233. The van der Waals surface area contributed by atoms with Crippen molar-refractivity contribution in [3.05, 3.63) is 28.8 Å². The standard InChI is InChI=1S/C14H19Cl2NO3S/c1-17(10-11-4-6-20-7-5-11)21(18,19)13-2-3-14(16)12(8-13)9-15/h2-3,8,11H,4-7,9-10H2,1H3. The molecule has 1 heterocycles.